The quantitative estimate of drug-likeness (QED) is 0.671. The van der Waals surface area contributed by atoms with E-state index in [1.54, 1.807) is 6.26 Å². The minimum Gasteiger partial charge on any atom is -0.431 e. The van der Waals surface area contributed by atoms with Crippen LogP contribution in [-0.2, 0) is 0 Å². The summed E-state index contributed by atoms with van der Waals surface area (Å²) in [7, 11) is 0. The van der Waals surface area contributed by atoms with E-state index in [4.69, 9.17) is 4.42 Å². The highest BCUT2D eigenvalue weighted by atomic mass is 16.4. The lowest BCUT2D eigenvalue weighted by molar-refractivity contribution is -0.228. The Morgan fingerprint density at radius 3 is 2.48 bits per heavy atom. The molecule has 3 N–H and O–H groups in total. The van der Waals surface area contributed by atoms with E-state index in [1.165, 1.54) is 6.07 Å². The molecule has 1 heterocycles. The van der Waals surface area contributed by atoms with E-state index in [2.05, 4.69) is 13.8 Å². The summed E-state index contributed by atoms with van der Waals surface area (Å²) in [6.07, 6.45) is 7.43. The number of aliphatic hydroxyl groups is 3. The van der Waals surface area contributed by atoms with Crippen molar-refractivity contribution >= 4 is 0 Å². The van der Waals surface area contributed by atoms with Gasteiger partial charge in [-0.05, 0) is 92.1 Å². The van der Waals surface area contributed by atoms with Crippen LogP contribution in [0.3, 0.4) is 0 Å². The lowest BCUT2D eigenvalue weighted by Crippen LogP contribution is -2.64. The maximum absolute atomic E-state index is 12.2. The molecule has 4 aliphatic carbocycles. The minimum absolute atomic E-state index is 0.0176. The molecule has 0 spiro atoms. The molecule has 29 heavy (non-hydrogen) atoms. The molecular weight excluding hydrogens is 368 g/mol. The SMILES string of the molecule is C[C@]12CC[C@H](O)C[C@H]1[C@@H](O)C[C@@H]1[C@@H]2CC[C@]2(C)[C@@H](c3ccc(=O)oc3)CC[C@]12O. The van der Waals surface area contributed by atoms with Crippen LogP contribution in [-0.4, -0.2) is 33.1 Å². The Bertz CT molecular complexity index is 829. The second-order valence-corrected chi connectivity index (χ2v) is 10.9. The molecule has 5 rings (SSSR count). The fourth-order valence-corrected chi connectivity index (χ4v) is 8.33. The van der Waals surface area contributed by atoms with Crippen molar-refractivity contribution in [2.45, 2.75) is 88.9 Å². The molecule has 0 saturated heterocycles. The van der Waals surface area contributed by atoms with Crippen LogP contribution in [0.1, 0.15) is 76.7 Å². The molecular formula is C24H34O5. The van der Waals surface area contributed by atoms with Crippen LogP contribution in [0.2, 0.25) is 0 Å². The largest absolute Gasteiger partial charge is 0.431 e. The number of hydrogen-bond acceptors (Lipinski definition) is 5. The normalized spacial score (nSPS) is 51.8. The van der Waals surface area contributed by atoms with Crippen molar-refractivity contribution in [3.8, 4) is 0 Å². The molecule has 4 fully saturated rings. The van der Waals surface area contributed by atoms with Gasteiger partial charge in [0, 0.05) is 11.5 Å². The highest BCUT2D eigenvalue weighted by molar-refractivity contribution is 5.27. The molecule has 0 aromatic carbocycles. The Morgan fingerprint density at radius 2 is 1.76 bits per heavy atom. The third-order valence-corrected chi connectivity index (χ3v) is 9.97. The number of hydrogen-bond donors (Lipinski definition) is 3. The summed E-state index contributed by atoms with van der Waals surface area (Å²) in [5.41, 5.74) is -0.462. The predicted octanol–water partition coefficient (Wildman–Crippen LogP) is 3.21. The van der Waals surface area contributed by atoms with Crippen molar-refractivity contribution in [2.75, 3.05) is 0 Å². The van der Waals surface area contributed by atoms with Crippen LogP contribution < -0.4 is 5.63 Å². The Kier molecular flexibility index (Phi) is 4.37. The van der Waals surface area contributed by atoms with Crippen LogP contribution in [0.5, 0.6) is 0 Å². The Morgan fingerprint density at radius 1 is 0.966 bits per heavy atom. The molecule has 1 aromatic heterocycles. The van der Waals surface area contributed by atoms with E-state index in [1.807, 2.05) is 6.07 Å². The van der Waals surface area contributed by atoms with Gasteiger partial charge in [-0.1, -0.05) is 13.8 Å². The molecule has 0 bridgehead atoms. The van der Waals surface area contributed by atoms with Gasteiger partial charge >= 0.3 is 5.63 Å². The molecule has 4 saturated carbocycles. The molecule has 4 aliphatic rings. The monoisotopic (exact) mass is 402 g/mol. The zero-order chi connectivity index (χ0) is 20.6. The van der Waals surface area contributed by atoms with Gasteiger partial charge < -0.3 is 19.7 Å². The highest BCUT2D eigenvalue weighted by Crippen LogP contribution is 2.70. The first kappa shape index (κ1) is 19.8. The molecule has 160 valence electrons. The summed E-state index contributed by atoms with van der Waals surface area (Å²) >= 11 is 0. The van der Waals surface area contributed by atoms with Gasteiger partial charge in [-0.3, -0.25) is 0 Å². The van der Waals surface area contributed by atoms with Crippen LogP contribution in [0.15, 0.2) is 27.6 Å². The molecule has 5 nitrogen and oxygen atoms in total. The van der Waals surface area contributed by atoms with Crippen LogP contribution in [0.4, 0.5) is 0 Å². The molecule has 5 heteroatoms. The molecule has 0 amide bonds. The van der Waals surface area contributed by atoms with Gasteiger partial charge in [0.2, 0.25) is 0 Å². The molecule has 9 atom stereocenters. The van der Waals surface area contributed by atoms with Gasteiger partial charge in [0.05, 0.1) is 24.1 Å². The summed E-state index contributed by atoms with van der Waals surface area (Å²) in [5.74, 6) is 0.747. The maximum Gasteiger partial charge on any atom is 0.335 e. The van der Waals surface area contributed by atoms with Crippen molar-refractivity contribution in [3.05, 3.63) is 34.4 Å². The van der Waals surface area contributed by atoms with E-state index in [0.717, 1.165) is 44.1 Å². The average Bonchev–Trinajstić information content (AvgIpc) is 2.96. The summed E-state index contributed by atoms with van der Waals surface area (Å²) in [5, 5.41) is 33.5. The second-order valence-electron chi connectivity index (χ2n) is 10.9. The molecule has 1 aromatic rings. The van der Waals surface area contributed by atoms with Crippen molar-refractivity contribution in [2.24, 2.45) is 28.6 Å². The van der Waals surface area contributed by atoms with E-state index in [-0.39, 0.29) is 40.3 Å². The van der Waals surface area contributed by atoms with Gasteiger partial charge in [-0.25, -0.2) is 4.79 Å². The molecule has 0 unspecified atom stereocenters. The zero-order valence-electron chi connectivity index (χ0n) is 17.5. The number of aliphatic hydroxyl groups excluding tert-OH is 2. The maximum atomic E-state index is 12.2. The van der Waals surface area contributed by atoms with E-state index in [9.17, 15) is 20.1 Å². The Balaban J connectivity index is 1.51. The van der Waals surface area contributed by atoms with Gasteiger partial charge in [-0.2, -0.15) is 0 Å². The van der Waals surface area contributed by atoms with Crippen LogP contribution in [0.25, 0.3) is 0 Å². The summed E-state index contributed by atoms with van der Waals surface area (Å²) in [6, 6.07) is 3.33. The lowest BCUT2D eigenvalue weighted by Gasteiger charge is -2.64. The van der Waals surface area contributed by atoms with Crippen LogP contribution >= 0.6 is 0 Å². The van der Waals surface area contributed by atoms with Crippen molar-refractivity contribution in [1.82, 2.24) is 0 Å². The summed E-state index contributed by atoms with van der Waals surface area (Å²) in [6.45, 7) is 4.51. The predicted molar refractivity (Wildman–Crippen MR) is 108 cm³/mol. The fourth-order valence-electron chi connectivity index (χ4n) is 8.33. The third-order valence-electron chi connectivity index (χ3n) is 9.97. The first-order valence-electron chi connectivity index (χ1n) is 11.4. The topological polar surface area (TPSA) is 90.9 Å². The number of fused-ring (bicyclic) bond motifs is 5. The highest BCUT2D eigenvalue weighted by Gasteiger charge is 2.68. The smallest absolute Gasteiger partial charge is 0.335 e. The zero-order valence-corrected chi connectivity index (χ0v) is 17.5. The van der Waals surface area contributed by atoms with E-state index >= 15 is 0 Å². The Hall–Kier alpha value is -1.17. The first-order valence-corrected chi connectivity index (χ1v) is 11.4. The average molecular weight is 403 g/mol. The molecule has 0 radical (unpaired) electrons. The van der Waals surface area contributed by atoms with E-state index < -0.39 is 11.7 Å². The van der Waals surface area contributed by atoms with Gasteiger partial charge in [0.25, 0.3) is 0 Å². The summed E-state index contributed by atoms with van der Waals surface area (Å²) < 4.78 is 5.15. The number of rotatable bonds is 1. The van der Waals surface area contributed by atoms with Crippen molar-refractivity contribution < 1.29 is 19.7 Å². The van der Waals surface area contributed by atoms with Crippen molar-refractivity contribution in [1.29, 1.82) is 0 Å². The first-order chi connectivity index (χ1) is 13.7. The summed E-state index contributed by atoms with van der Waals surface area (Å²) in [4.78, 5) is 11.4. The van der Waals surface area contributed by atoms with Gasteiger partial charge in [-0.15, -0.1) is 0 Å². The lowest BCUT2D eigenvalue weighted by atomic mass is 9.42. The van der Waals surface area contributed by atoms with Crippen molar-refractivity contribution in [3.63, 3.8) is 0 Å². The second kappa shape index (κ2) is 6.41. The van der Waals surface area contributed by atoms with Gasteiger partial charge in [0.15, 0.2) is 0 Å². The van der Waals surface area contributed by atoms with E-state index in [0.29, 0.717) is 18.8 Å². The van der Waals surface area contributed by atoms with Crippen LogP contribution in [0, 0.1) is 28.6 Å². The minimum atomic E-state index is -0.818. The Labute approximate surface area is 172 Å². The standard InChI is InChI=1S/C24H34O5/c1-22-8-5-15(25)11-19(22)20(26)12-18-17(22)6-9-23(2)16(7-10-24(18,23)28)14-3-4-21(27)29-13-14/h3-4,13,15-20,25-26,28H,5-12H2,1-2H3/t15-,16+,17-,18+,19-,20-,22+,23+,24-/m0/s1. The third kappa shape index (κ3) is 2.60. The van der Waals surface area contributed by atoms with Gasteiger partial charge in [0.1, 0.15) is 0 Å². The molecule has 0 aliphatic heterocycles. The fraction of sp³-hybridized carbons (Fsp3) is 0.792.